The molecule has 0 unspecified atom stereocenters. The molecule has 2 aromatic rings. The highest BCUT2D eigenvalue weighted by molar-refractivity contribution is 6.30. The van der Waals surface area contributed by atoms with Gasteiger partial charge >= 0.3 is 0 Å². The maximum atomic E-state index is 13.7. The van der Waals surface area contributed by atoms with Gasteiger partial charge in [0.1, 0.15) is 0 Å². The Balaban J connectivity index is 1.70. The van der Waals surface area contributed by atoms with Gasteiger partial charge in [-0.25, -0.2) is 0 Å². The molecule has 0 N–H and O–H groups in total. The van der Waals surface area contributed by atoms with Crippen molar-refractivity contribution in [3.63, 3.8) is 0 Å². The van der Waals surface area contributed by atoms with Crippen molar-refractivity contribution < 1.29 is 23.8 Å². The first-order chi connectivity index (χ1) is 16.5. The van der Waals surface area contributed by atoms with Crippen LogP contribution in [0.3, 0.4) is 0 Å². The Kier molecular flexibility index (Phi) is 7.51. The van der Waals surface area contributed by atoms with Gasteiger partial charge in [-0.15, -0.1) is 0 Å². The summed E-state index contributed by atoms with van der Waals surface area (Å²) in [6.07, 6.45) is 3.17. The Hall–Kier alpha value is -2.93. The fourth-order valence-corrected chi connectivity index (χ4v) is 5.22. The highest BCUT2D eigenvalue weighted by atomic mass is 35.5. The topological polar surface area (TPSA) is 68.3 Å². The molecule has 2 aromatic carbocycles. The van der Waals surface area contributed by atoms with Gasteiger partial charge < -0.3 is 24.0 Å². The molecule has 8 heteroatoms. The number of carbonyl (C=O) groups is 2. The minimum Gasteiger partial charge on any atom is -0.493 e. The van der Waals surface area contributed by atoms with Crippen molar-refractivity contribution in [2.75, 3.05) is 47.5 Å². The molecule has 4 rings (SSSR count). The van der Waals surface area contributed by atoms with Crippen LogP contribution in [0.25, 0.3) is 0 Å². The van der Waals surface area contributed by atoms with Crippen LogP contribution < -0.4 is 14.2 Å². The van der Waals surface area contributed by atoms with E-state index in [9.17, 15) is 9.59 Å². The number of likely N-dealkylation sites (tertiary alicyclic amines) is 2. The molecule has 7 nitrogen and oxygen atoms in total. The van der Waals surface area contributed by atoms with Gasteiger partial charge in [0.05, 0.1) is 27.2 Å². The summed E-state index contributed by atoms with van der Waals surface area (Å²) in [4.78, 5) is 30.7. The lowest BCUT2D eigenvalue weighted by Crippen LogP contribution is -2.42. The SMILES string of the molecule is COc1cc([C@H]2CN(C(=O)c3cccc(Cl)c3)C[C@@H]2C(=O)N2CCCCC2)cc(OC)c1OC. The summed E-state index contributed by atoms with van der Waals surface area (Å²) in [5, 5.41) is 0.507. The second kappa shape index (κ2) is 10.6. The summed E-state index contributed by atoms with van der Waals surface area (Å²) < 4.78 is 16.6. The Morgan fingerprint density at radius 1 is 0.882 bits per heavy atom. The second-order valence-electron chi connectivity index (χ2n) is 8.78. The maximum absolute atomic E-state index is 13.7. The van der Waals surface area contributed by atoms with Crippen molar-refractivity contribution >= 4 is 23.4 Å². The fraction of sp³-hybridized carbons (Fsp3) is 0.462. The van der Waals surface area contributed by atoms with Gasteiger partial charge in [-0.05, 0) is 55.2 Å². The second-order valence-corrected chi connectivity index (χ2v) is 9.21. The summed E-state index contributed by atoms with van der Waals surface area (Å²) in [7, 11) is 4.70. The zero-order valence-corrected chi connectivity index (χ0v) is 20.6. The molecule has 182 valence electrons. The minimum atomic E-state index is -0.357. The van der Waals surface area contributed by atoms with Gasteiger partial charge in [0, 0.05) is 42.7 Å². The molecule has 2 heterocycles. The zero-order valence-electron chi connectivity index (χ0n) is 19.9. The molecule has 34 heavy (non-hydrogen) atoms. The van der Waals surface area contributed by atoms with Crippen molar-refractivity contribution in [3.8, 4) is 17.2 Å². The number of hydrogen-bond donors (Lipinski definition) is 0. The largest absolute Gasteiger partial charge is 0.493 e. The van der Waals surface area contributed by atoms with Crippen LogP contribution in [-0.4, -0.2) is 69.1 Å². The Morgan fingerprint density at radius 3 is 2.15 bits per heavy atom. The number of carbonyl (C=O) groups excluding carboxylic acids is 2. The van der Waals surface area contributed by atoms with E-state index in [2.05, 4.69) is 0 Å². The smallest absolute Gasteiger partial charge is 0.253 e. The Morgan fingerprint density at radius 2 is 1.56 bits per heavy atom. The molecule has 0 spiro atoms. The highest BCUT2D eigenvalue weighted by Crippen LogP contribution is 2.44. The van der Waals surface area contributed by atoms with Gasteiger partial charge in [0.2, 0.25) is 11.7 Å². The van der Waals surface area contributed by atoms with Crippen LogP contribution in [0.15, 0.2) is 36.4 Å². The van der Waals surface area contributed by atoms with Gasteiger partial charge in [-0.3, -0.25) is 9.59 Å². The molecular formula is C26H31ClN2O5. The lowest BCUT2D eigenvalue weighted by molar-refractivity contribution is -0.136. The number of benzene rings is 2. The van der Waals surface area contributed by atoms with Crippen molar-refractivity contribution in [1.82, 2.24) is 9.80 Å². The van der Waals surface area contributed by atoms with Crippen LogP contribution in [0.4, 0.5) is 0 Å². The normalized spacial score (nSPS) is 20.2. The van der Waals surface area contributed by atoms with Gasteiger partial charge in [-0.1, -0.05) is 17.7 Å². The molecule has 0 aromatic heterocycles. The van der Waals surface area contributed by atoms with E-state index in [1.165, 1.54) is 0 Å². The number of hydrogen-bond acceptors (Lipinski definition) is 5. The number of methoxy groups -OCH3 is 3. The number of rotatable bonds is 6. The summed E-state index contributed by atoms with van der Waals surface area (Å²) in [6, 6.07) is 10.7. The average Bonchev–Trinajstić information content (AvgIpc) is 3.32. The predicted molar refractivity (Wildman–Crippen MR) is 130 cm³/mol. The molecule has 2 saturated heterocycles. The lowest BCUT2D eigenvalue weighted by Gasteiger charge is -2.31. The molecule has 2 aliphatic heterocycles. The van der Waals surface area contributed by atoms with Crippen LogP contribution >= 0.6 is 11.6 Å². The number of ether oxygens (including phenoxy) is 3. The summed E-state index contributed by atoms with van der Waals surface area (Å²) >= 11 is 6.12. The van der Waals surface area contributed by atoms with Crippen LogP contribution in [0.5, 0.6) is 17.2 Å². The monoisotopic (exact) mass is 486 g/mol. The van der Waals surface area contributed by atoms with Crippen molar-refractivity contribution in [2.45, 2.75) is 25.2 Å². The van der Waals surface area contributed by atoms with Gasteiger partial charge in [0.25, 0.3) is 5.91 Å². The molecule has 0 radical (unpaired) electrons. The van der Waals surface area contributed by atoms with E-state index in [1.54, 1.807) is 50.5 Å². The third kappa shape index (κ3) is 4.80. The summed E-state index contributed by atoms with van der Waals surface area (Å²) in [5.41, 5.74) is 1.40. The Bertz CT molecular complexity index is 1030. The number of amides is 2. The van der Waals surface area contributed by atoms with Crippen LogP contribution in [-0.2, 0) is 4.79 Å². The van der Waals surface area contributed by atoms with Crippen molar-refractivity contribution in [3.05, 3.63) is 52.5 Å². The van der Waals surface area contributed by atoms with E-state index < -0.39 is 0 Å². The first-order valence-electron chi connectivity index (χ1n) is 11.6. The minimum absolute atomic E-state index is 0.0971. The molecule has 2 aliphatic rings. The quantitative estimate of drug-likeness (QED) is 0.611. The molecule has 0 bridgehead atoms. The number of piperidine rings is 1. The molecular weight excluding hydrogens is 456 g/mol. The zero-order chi connectivity index (χ0) is 24.2. The van der Waals surface area contributed by atoms with E-state index in [0.29, 0.717) is 40.9 Å². The van der Waals surface area contributed by atoms with E-state index in [4.69, 9.17) is 25.8 Å². The molecule has 2 fully saturated rings. The Labute approximate surface area is 205 Å². The van der Waals surface area contributed by atoms with Crippen LogP contribution in [0.1, 0.15) is 41.1 Å². The molecule has 2 atom stereocenters. The summed E-state index contributed by atoms with van der Waals surface area (Å²) in [5.74, 6) is 0.961. The fourth-order valence-electron chi connectivity index (χ4n) is 5.03. The van der Waals surface area contributed by atoms with Crippen LogP contribution in [0.2, 0.25) is 5.02 Å². The summed E-state index contributed by atoms with van der Waals surface area (Å²) in [6.45, 7) is 2.29. The van der Waals surface area contributed by atoms with E-state index in [0.717, 1.165) is 37.9 Å². The molecule has 2 amide bonds. The van der Waals surface area contributed by atoms with Crippen LogP contribution in [0, 0.1) is 5.92 Å². The standard InChI is InChI=1S/C26H31ClN2O5/c1-32-22-13-18(14-23(33-2)24(22)34-3)20-15-29(25(30)17-8-7-9-19(27)12-17)16-21(20)26(31)28-10-5-4-6-11-28/h7-9,12-14,20-21H,4-6,10-11,15-16H2,1-3H3/t20-,21+/m1/s1. The first kappa shape index (κ1) is 24.2. The maximum Gasteiger partial charge on any atom is 0.253 e. The van der Waals surface area contributed by atoms with E-state index in [-0.39, 0.29) is 23.7 Å². The van der Waals surface area contributed by atoms with E-state index in [1.807, 2.05) is 17.0 Å². The third-order valence-corrected chi connectivity index (χ3v) is 7.01. The highest BCUT2D eigenvalue weighted by Gasteiger charge is 2.43. The van der Waals surface area contributed by atoms with Crippen molar-refractivity contribution in [2.24, 2.45) is 5.92 Å². The molecule has 0 saturated carbocycles. The number of nitrogens with zero attached hydrogens (tertiary/aromatic N) is 2. The first-order valence-corrected chi connectivity index (χ1v) is 12.0. The van der Waals surface area contributed by atoms with Gasteiger partial charge in [-0.2, -0.15) is 0 Å². The average molecular weight is 487 g/mol. The molecule has 0 aliphatic carbocycles. The lowest BCUT2D eigenvalue weighted by atomic mass is 9.87. The van der Waals surface area contributed by atoms with E-state index >= 15 is 0 Å². The number of halogens is 1. The third-order valence-electron chi connectivity index (χ3n) is 6.78. The predicted octanol–water partition coefficient (Wildman–Crippen LogP) is 4.23. The van der Waals surface area contributed by atoms with Crippen molar-refractivity contribution in [1.29, 1.82) is 0 Å². The van der Waals surface area contributed by atoms with Gasteiger partial charge in [0.15, 0.2) is 11.5 Å².